The Bertz CT molecular complexity index is 1040. The maximum absolute atomic E-state index is 12.6. The van der Waals surface area contributed by atoms with E-state index in [0.29, 0.717) is 6.42 Å². The monoisotopic (exact) mass is 401 g/mol. The van der Waals surface area contributed by atoms with Crippen LogP contribution in [0.2, 0.25) is 0 Å². The number of benzene rings is 2. The number of aromatic nitrogens is 1. The molecule has 8 heteroatoms. The lowest BCUT2D eigenvalue weighted by Crippen LogP contribution is -2.24. The van der Waals surface area contributed by atoms with Gasteiger partial charge in [-0.3, -0.25) is 4.79 Å². The highest BCUT2D eigenvalue weighted by Crippen LogP contribution is 2.24. The highest BCUT2D eigenvalue weighted by molar-refractivity contribution is 7.89. The summed E-state index contributed by atoms with van der Waals surface area (Å²) in [5, 5.41) is 5.16. The maximum atomic E-state index is 12.6. The molecule has 3 aromatic rings. The fourth-order valence-corrected chi connectivity index (χ4v) is 4.29. The van der Waals surface area contributed by atoms with Crippen LogP contribution in [0, 0.1) is 0 Å². The molecule has 0 saturated carbocycles. The fraction of sp³-hybridized carbons (Fsp3) is 0.158. The summed E-state index contributed by atoms with van der Waals surface area (Å²) in [6.07, 6.45) is 0.643. The van der Waals surface area contributed by atoms with Gasteiger partial charge in [0.1, 0.15) is 10.6 Å². The average molecular weight is 402 g/mol. The van der Waals surface area contributed by atoms with E-state index in [0.717, 1.165) is 14.9 Å². The highest BCUT2D eigenvalue weighted by atomic mass is 32.2. The van der Waals surface area contributed by atoms with Crippen LogP contribution in [-0.2, 0) is 16.4 Å². The summed E-state index contributed by atoms with van der Waals surface area (Å²) < 4.78 is 26.0. The van der Waals surface area contributed by atoms with Gasteiger partial charge in [0.15, 0.2) is 0 Å². The lowest BCUT2D eigenvalue weighted by atomic mass is 10.2. The van der Waals surface area contributed by atoms with Crippen molar-refractivity contribution in [1.82, 2.24) is 9.29 Å². The first-order chi connectivity index (χ1) is 12.9. The van der Waals surface area contributed by atoms with Crippen molar-refractivity contribution in [3.63, 3.8) is 0 Å². The quantitative estimate of drug-likeness (QED) is 0.688. The summed E-state index contributed by atoms with van der Waals surface area (Å²) in [6.45, 7) is 0. The summed E-state index contributed by atoms with van der Waals surface area (Å²) in [4.78, 5) is 17.0. The molecule has 27 heavy (non-hydrogen) atoms. The molecular weight excluding hydrogens is 382 g/mol. The Hall–Kier alpha value is -2.55. The number of thiazole rings is 1. The minimum Gasteiger partial charge on any atom is -0.319 e. The number of nitrogens with one attached hydrogen (secondary N) is 1. The Morgan fingerprint density at radius 2 is 1.74 bits per heavy atom. The van der Waals surface area contributed by atoms with E-state index in [9.17, 15) is 13.2 Å². The lowest BCUT2D eigenvalue weighted by molar-refractivity contribution is 0.102. The van der Waals surface area contributed by atoms with Crippen LogP contribution in [0.3, 0.4) is 0 Å². The van der Waals surface area contributed by atoms with Gasteiger partial charge in [0, 0.05) is 25.9 Å². The predicted octanol–water partition coefficient (Wildman–Crippen LogP) is 3.24. The average Bonchev–Trinajstić information content (AvgIpc) is 3.11. The second-order valence-corrected chi connectivity index (χ2v) is 9.09. The van der Waals surface area contributed by atoms with Crippen LogP contribution in [0.5, 0.6) is 0 Å². The first-order valence-electron chi connectivity index (χ1n) is 8.19. The number of nitrogens with zero attached hydrogens (tertiary/aromatic N) is 2. The molecule has 140 valence electrons. The zero-order chi connectivity index (χ0) is 19.4. The van der Waals surface area contributed by atoms with E-state index in [1.807, 2.05) is 30.3 Å². The molecule has 2 aromatic carbocycles. The van der Waals surface area contributed by atoms with Gasteiger partial charge in [-0.1, -0.05) is 42.5 Å². The normalized spacial score (nSPS) is 11.5. The van der Waals surface area contributed by atoms with Crippen LogP contribution >= 0.6 is 11.3 Å². The van der Waals surface area contributed by atoms with Gasteiger partial charge in [0.2, 0.25) is 10.0 Å². The third kappa shape index (κ3) is 4.41. The number of amides is 1. The van der Waals surface area contributed by atoms with Crippen molar-refractivity contribution in [3.05, 3.63) is 76.2 Å². The minimum atomic E-state index is -3.67. The molecule has 1 amide bonds. The molecule has 0 atom stereocenters. The number of sulfonamides is 1. The van der Waals surface area contributed by atoms with Crippen molar-refractivity contribution in [2.75, 3.05) is 19.4 Å². The zero-order valence-electron chi connectivity index (χ0n) is 14.9. The number of hydrogen-bond acceptors (Lipinski definition) is 5. The van der Waals surface area contributed by atoms with E-state index in [1.165, 1.54) is 31.5 Å². The van der Waals surface area contributed by atoms with E-state index in [4.69, 9.17) is 0 Å². The molecule has 0 saturated heterocycles. The van der Waals surface area contributed by atoms with Crippen LogP contribution in [-0.4, -0.2) is 37.7 Å². The van der Waals surface area contributed by atoms with Crippen molar-refractivity contribution >= 4 is 33.0 Å². The third-order valence-corrected chi connectivity index (χ3v) is 6.60. The Kier molecular flexibility index (Phi) is 5.69. The van der Waals surface area contributed by atoms with E-state index in [2.05, 4.69) is 10.3 Å². The lowest BCUT2D eigenvalue weighted by Gasteiger charge is -2.15. The second kappa shape index (κ2) is 7.99. The fourth-order valence-electron chi connectivity index (χ4n) is 2.44. The van der Waals surface area contributed by atoms with Crippen molar-refractivity contribution in [2.45, 2.75) is 11.3 Å². The van der Waals surface area contributed by atoms with Crippen LogP contribution < -0.4 is 5.32 Å². The third-order valence-electron chi connectivity index (χ3n) is 3.88. The first-order valence-corrected chi connectivity index (χ1v) is 10.5. The summed E-state index contributed by atoms with van der Waals surface area (Å²) in [6, 6.07) is 16.2. The molecule has 3 rings (SSSR count). The van der Waals surface area contributed by atoms with E-state index < -0.39 is 15.9 Å². The Morgan fingerprint density at radius 1 is 1.07 bits per heavy atom. The second-order valence-electron chi connectivity index (χ2n) is 6.03. The summed E-state index contributed by atoms with van der Waals surface area (Å²) in [7, 11) is -0.773. The van der Waals surface area contributed by atoms with Gasteiger partial charge in [-0.25, -0.2) is 17.7 Å². The SMILES string of the molecule is CN(C)S(=O)(=O)c1ccccc1NC(=O)c1csc(Cc2ccccc2)n1. The zero-order valence-corrected chi connectivity index (χ0v) is 16.5. The number of para-hydroxylation sites is 1. The van der Waals surface area contributed by atoms with E-state index in [1.54, 1.807) is 23.6 Å². The molecule has 0 bridgehead atoms. The van der Waals surface area contributed by atoms with Crippen LogP contribution in [0.25, 0.3) is 0 Å². The summed E-state index contributed by atoms with van der Waals surface area (Å²) in [5.41, 5.74) is 1.61. The van der Waals surface area contributed by atoms with Crippen LogP contribution in [0.4, 0.5) is 5.69 Å². The molecule has 0 unspecified atom stereocenters. The summed E-state index contributed by atoms with van der Waals surface area (Å²) >= 11 is 1.40. The van der Waals surface area contributed by atoms with Crippen molar-refractivity contribution in [2.24, 2.45) is 0 Å². The Balaban J connectivity index is 1.79. The Labute approximate surface area is 162 Å². The molecule has 1 aromatic heterocycles. The molecule has 0 fully saturated rings. The summed E-state index contributed by atoms with van der Waals surface area (Å²) in [5.74, 6) is -0.438. The van der Waals surface area contributed by atoms with Gasteiger partial charge in [-0.2, -0.15) is 0 Å². The first kappa shape index (κ1) is 19.2. The molecule has 1 N–H and O–H groups in total. The van der Waals surface area contributed by atoms with E-state index in [-0.39, 0.29) is 16.3 Å². The largest absolute Gasteiger partial charge is 0.319 e. The molecule has 0 radical (unpaired) electrons. The topological polar surface area (TPSA) is 79.4 Å². The Morgan fingerprint density at radius 3 is 2.44 bits per heavy atom. The molecule has 6 nitrogen and oxygen atoms in total. The highest BCUT2D eigenvalue weighted by Gasteiger charge is 2.22. The van der Waals surface area contributed by atoms with Crippen molar-refractivity contribution in [3.8, 4) is 0 Å². The number of carbonyl (C=O) groups excluding carboxylic acids is 1. The van der Waals surface area contributed by atoms with E-state index >= 15 is 0 Å². The van der Waals surface area contributed by atoms with Gasteiger partial charge in [-0.05, 0) is 17.7 Å². The predicted molar refractivity (Wildman–Crippen MR) is 107 cm³/mol. The molecule has 0 spiro atoms. The molecular formula is C19H19N3O3S2. The smallest absolute Gasteiger partial charge is 0.275 e. The minimum absolute atomic E-state index is 0.0445. The number of rotatable bonds is 6. The van der Waals surface area contributed by atoms with Gasteiger partial charge in [0.05, 0.1) is 10.7 Å². The van der Waals surface area contributed by atoms with Gasteiger partial charge < -0.3 is 5.32 Å². The van der Waals surface area contributed by atoms with Gasteiger partial charge >= 0.3 is 0 Å². The number of anilines is 1. The van der Waals surface area contributed by atoms with Crippen LogP contribution in [0.1, 0.15) is 21.1 Å². The molecule has 1 heterocycles. The number of carbonyl (C=O) groups is 1. The number of hydrogen-bond donors (Lipinski definition) is 1. The van der Waals surface area contributed by atoms with Crippen molar-refractivity contribution in [1.29, 1.82) is 0 Å². The standard InChI is InChI=1S/C19H19N3O3S2/c1-22(2)27(24,25)17-11-7-6-10-15(17)21-19(23)16-13-26-18(20-16)12-14-8-4-3-5-9-14/h3-11,13H,12H2,1-2H3,(H,21,23). The maximum Gasteiger partial charge on any atom is 0.275 e. The van der Waals surface area contributed by atoms with Gasteiger partial charge in [0.25, 0.3) is 5.91 Å². The van der Waals surface area contributed by atoms with Crippen LogP contribution in [0.15, 0.2) is 64.9 Å². The van der Waals surface area contributed by atoms with Gasteiger partial charge in [-0.15, -0.1) is 11.3 Å². The molecule has 0 aliphatic heterocycles. The molecule has 0 aliphatic carbocycles. The molecule has 0 aliphatic rings. The van der Waals surface area contributed by atoms with Crippen molar-refractivity contribution < 1.29 is 13.2 Å².